The van der Waals surface area contributed by atoms with Crippen molar-refractivity contribution in [3.8, 4) is 0 Å². The number of carbonyl (C=O) groups excluding carboxylic acids is 3. The summed E-state index contributed by atoms with van der Waals surface area (Å²) in [6.07, 6.45) is -2.27. The molecule has 12 nitrogen and oxygen atoms in total. The number of benzene rings is 3. The number of carbonyl (C=O) groups is 3. The van der Waals surface area contributed by atoms with Crippen LogP contribution in [0.2, 0.25) is 0 Å². The van der Waals surface area contributed by atoms with Crippen LogP contribution in [0.25, 0.3) is 10.8 Å². The fourth-order valence-corrected chi connectivity index (χ4v) is 10.3. The molecule has 6 heterocycles. The Labute approximate surface area is 358 Å². The van der Waals surface area contributed by atoms with E-state index >= 15 is 4.39 Å². The number of nitrogens with zero attached hydrogens (tertiary/aromatic N) is 7. The maximum atomic E-state index is 15.5. The number of alkyl halides is 3. The van der Waals surface area contributed by atoms with E-state index in [0.717, 1.165) is 112 Å². The van der Waals surface area contributed by atoms with Gasteiger partial charge in [0.25, 0.3) is 5.91 Å². The van der Waals surface area contributed by atoms with Crippen LogP contribution >= 0.6 is 0 Å². The molecule has 5 aliphatic rings. The van der Waals surface area contributed by atoms with Crippen LogP contribution in [0.15, 0.2) is 48.5 Å². The molecular formula is C46H53F4N9O3. The van der Waals surface area contributed by atoms with Crippen molar-refractivity contribution in [1.29, 1.82) is 0 Å². The SMILES string of the molecule is Cc1c(C(C)Nc2nnc(C)c3ccc(N4CCN(CCN5CC(N6CCC(c7cc8c(cc7F)C(=O)N(C7CCC(=O)NC7=O)C8)CC6)C5)CC4)cc23)cccc1C(F)(F)F. The van der Waals surface area contributed by atoms with E-state index < -0.39 is 29.7 Å². The lowest BCUT2D eigenvalue weighted by Gasteiger charge is -2.48. The van der Waals surface area contributed by atoms with Gasteiger partial charge in [0.15, 0.2) is 5.82 Å². The number of imide groups is 1. The average Bonchev–Trinajstić information content (AvgIpc) is 3.54. The first kappa shape index (κ1) is 42.1. The molecule has 2 unspecified atom stereocenters. The summed E-state index contributed by atoms with van der Waals surface area (Å²) in [4.78, 5) is 48.7. The van der Waals surface area contributed by atoms with E-state index in [1.807, 2.05) is 19.9 Å². The van der Waals surface area contributed by atoms with Crippen molar-refractivity contribution < 1.29 is 31.9 Å². The molecule has 328 valence electrons. The molecule has 16 heteroatoms. The Morgan fingerprint density at radius 1 is 0.871 bits per heavy atom. The number of nitrogens with one attached hydrogen (secondary N) is 2. The zero-order chi connectivity index (χ0) is 43.4. The summed E-state index contributed by atoms with van der Waals surface area (Å²) in [5.74, 6) is -0.903. The maximum absolute atomic E-state index is 15.5. The van der Waals surface area contributed by atoms with Gasteiger partial charge in [-0.25, -0.2) is 4.39 Å². The van der Waals surface area contributed by atoms with E-state index in [0.29, 0.717) is 28.6 Å². The molecule has 62 heavy (non-hydrogen) atoms. The van der Waals surface area contributed by atoms with Crippen molar-refractivity contribution in [2.45, 2.75) is 83.2 Å². The van der Waals surface area contributed by atoms with Gasteiger partial charge in [-0.3, -0.25) is 34.4 Å². The fourth-order valence-electron chi connectivity index (χ4n) is 10.3. The van der Waals surface area contributed by atoms with Crippen LogP contribution in [0.5, 0.6) is 0 Å². The predicted molar refractivity (Wildman–Crippen MR) is 227 cm³/mol. The highest BCUT2D eigenvalue weighted by Crippen LogP contribution is 2.38. The fraction of sp³-hybridized carbons (Fsp3) is 0.500. The molecule has 0 saturated carbocycles. The van der Waals surface area contributed by atoms with Gasteiger partial charge >= 0.3 is 6.18 Å². The zero-order valence-corrected chi connectivity index (χ0v) is 35.4. The number of anilines is 2. The molecule has 4 fully saturated rings. The van der Waals surface area contributed by atoms with Gasteiger partial charge in [0.2, 0.25) is 11.8 Å². The molecule has 4 saturated heterocycles. The van der Waals surface area contributed by atoms with Crippen molar-refractivity contribution in [3.05, 3.63) is 93.4 Å². The summed E-state index contributed by atoms with van der Waals surface area (Å²) in [6, 6.07) is 13.1. The Morgan fingerprint density at radius 2 is 1.61 bits per heavy atom. The van der Waals surface area contributed by atoms with Crippen LogP contribution in [0.4, 0.5) is 29.1 Å². The van der Waals surface area contributed by atoms with Crippen LogP contribution in [0, 0.1) is 19.7 Å². The molecule has 9 rings (SSSR count). The van der Waals surface area contributed by atoms with Gasteiger partial charge in [-0.05, 0) is 106 Å². The van der Waals surface area contributed by atoms with Gasteiger partial charge in [0.1, 0.15) is 11.9 Å². The summed E-state index contributed by atoms with van der Waals surface area (Å²) < 4.78 is 56.5. The van der Waals surface area contributed by atoms with Crippen LogP contribution in [-0.4, -0.2) is 125 Å². The molecule has 2 atom stereocenters. The summed E-state index contributed by atoms with van der Waals surface area (Å²) in [7, 11) is 0. The number of fused-ring (bicyclic) bond motifs is 2. The van der Waals surface area contributed by atoms with E-state index in [1.54, 1.807) is 6.07 Å². The summed E-state index contributed by atoms with van der Waals surface area (Å²) in [6.45, 7) is 15.0. The van der Waals surface area contributed by atoms with Crippen LogP contribution in [-0.2, 0) is 22.3 Å². The number of amides is 3. The molecule has 0 radical (unpaired) electrons. The Kier molecular flexibility index (Phi) is 11.4. The number of aryl methyl sites for hydroxylation is 1. The van der Waals surface area contributed by atoms with E-state index in [2.05, 4.69) is 58.6 Å². The van der Waals surface area contributed by atoms with Crippen molar-refractivity contribution >= 4 is 40.0 Å². The Hall–Kier alpha value is -5.19. The number of piperazine rings is 1. The predicted octanol–water partition coefficient (Wildman–Crippen LogP) is 6.02. The van der Waals surface area contributed by atoms with Gasteiger partial charge < -0.3 is 15.1 Å². The largest absolute Gasteiger partial charge is 0.416 e. The molecule has 5 aliphatic heterocycles. The van der Waals surface area contributed by atoms with Crippen LogP contribution < -0.4 is 15.5 Å². The third-order valence-electron chi connectivity index (χ3n) is 14.0. The molecule has 1 aromatic heterocycles. The summed E-state index contributed by atoms with van der Waals surface area (Å²) >= 11 is 0. The van der Waals surface area contributed by atoms with Gasteiger partial charge in [-0.1, -0.05) is 24.3 Å². The number of hydrogen-bond donors (Lipinski definition) is 2. The van der Waals surface area contributed by atoms with Crippen LogP contribution in [0.1, 0.15) is 88.4 Å². The molecule has 0 bridgehead atoms. The number of rotatable bonds is 10. The highest BCUT2D eigenvalue weighted by atomic mass is 19.4. The molecule has 0 spiro atoms. The number of piperidine rings is 2. The van der Waals surface area contributed by atoms with E-state index in [1.165, 1.54) is 24.0 Å². The van der Waals surface area contributed by atoms with Gasteiger partial charge in [-0.15, -0.1) is 5.10 Å². The molecule has 4 aromatic rings. The number of likely N-dealkylation sites (tertiary alicyclic amines) is 2. The zero-order valence-electron chi connectivity index (χ0n) is 35.4. The van der Waals surface area contributed by atoms with Gasteiger partial charge in [-0.2, -0.15) is 18.3 Å². The standard InChI is InChI=1S/C46H53F4N9O3/c1-27-34(5-4-6-39(27)46(48,49)50)28(2)51-43-38-22-32(7-8-35(38)29(3)53-54-43)58-19-17-55(18-20-58)15-16-56-25-33(26-56)57-13-11-30(12-14-57)36-21-31-24-59(45(62)37(31)23-40(36)47)41-9-10-42(60)52-44(41)61/h4-8,21-23,28,30,33,41H,9-20,24-26H2,1-3H3,(H,51,54)(H,52,60,61). The first-order valence-corrected chi connectivity index (χ1v) is 21.8. The lowest BCUT2D eigenvalue weighted by atomic mass is 9.86. The number of aromatic nitrogens is 2. The quantitative estimate of drug-likeness (QED) is 0.145. The first-order valence-electron chi connectivity index (χ1n) is 21.8. The minimum atomic E-state index is -4.43. The summed E-state index contributed by atoms with van der Waals surface area (Å²) in [5, 5.41) is 16.3. The highest BCUT2D eigenvalue weighted by molar-refractivity contribution is 6.05. The third kappa shape index (κ3) is 8.24. The third-order valence-corrected chi connectivity index (χ3v) is 14.0. The van der Waals surface area contributed by atoms with Crippen molar-refractivity contribution in [2.75, 3.05) is 75.7 Å². The Bertz CT molecular complexity index is 2390. The second-order valence-corrected chi connectivity index (χ2v) is 17.7. The maximum Gasteiger partial charge on any atom is 0.416 e. The van der Waals surface area contributed by atoms with E-state index in [4.69, 9.17) is 0 Å². The minimum Gasteiger partial charge on any atom is -0.369 e. The molecule has 3 aromatic carbocycles. The average molecular weight is 856 g/mol. The van der Waals surface area contributed by atoms with E-state index in [-0.39, 0.29) is 48.5 Å². The van der Waals surface area contributed by atoms with Gasteiger partial charge in [0.05, 0.1) is 17.3 Å². The van der Waals surface area contributed by atoms with E-state index in [9.17, 15) is 27.6 Å². The molecule has 2 N–H and O–H groups in total. The number of halogens is 4. The molecular weight excluding hydrogens is 803 g/mol. The number of hydrogen-bond acceptors (Lipinski definition) is 10. The lowest BCUT2D eigenvalue weighted by Crippen LogP contribution is -2.61. The van der Waals surface area contributed by atoms with Crippen molar-refractivity contribution in [2.24, 2.45) is 0 Å². The topological polar surface area (TPSA) is 117 Å². The Morgan fingerprint density at radius 3 is 2.34 bits per heavy atom. The van der Waals surface area contributed by atoms with Crippen molar-refractivity contribution in [3.63, 3.8) is 0 Å². The minimum absolute atomic E-state index is 0.0725. The highest BCUT2D eigenvalue weighted by Gasteiger charge is 2.41. The first-order chi connectivity index (χ1) is 29.7. The Balaban J connectivity index is 0.734. The molecule has 3 amide bonds. The van der Waals surface area contributed by atoms with Crippen LogP contribution in [0.3, 0.4) is 0 Å². The monoisotopic (exact) mass is 855 g/mol. The smallest absolute Gasteiger partial charge is 0.369 e. The summed E-state index contributed by atoms with van der Waals surface area (Å²) in [5.41, 5.74) is 3.71. The van der Waals surface area contributed by atoms with Crippen molar-refractivity contribution in [1.82, 2.24) is 35.1 Å². The molecule has 0 aliphatic carbocycles. The second kappa shape index (κ2) is 16.8. The second-order valence-electron chi connectivity index (χ2n) is 17.7. The normalized spacial score (nSPS) is 21.7. The van der Waals surface area contributed by atoms with Gasteiger partial charge in [0, 0.05) is 93.4 Å². The lowest BCUT2D eigenvalue weighted by molar-refractivity contribution is -0.138.